The highest BCUT2D eigenvalue weighted by atomic mass is 19.1. The van der Waals surface area contributed by atoms with E-state index in [9.17, 15) is 9.18 Å². The van der Waals surface area contributed by atoms with E-state index in [1.807, 2.05) is 0 Å². The van der Waals surface area contributed by atoms with Crippen LogP contribution in [0.1, 0.15) is 36.6 Å². The van der Waals surface area contributed by atoms with Gasteiger partial charge in [-0.25, -0.2) is 9.37 Å². The Morgan fingerprint density at radius 3 is 2.43 bits per heavy atom. The van der Waals surface area contributed by atoms with E-state index in [0.29, 0.717) is 23.0 Å². The maximum absolute atomic E-state index is 13.2. The second-order valence-corrected chi connectivity index (χ2v) is 6.73. The van der Waals surface area contributed by atoms with Gasteiger partial charge in [0.1, 0.15) is 17.5 Å². The normalized spacial score (nSPS) is 25.3. The predicted molar refractivity (Wildman–Crippen MR) is 87.6 cm³/mol. The topological polar surface area (TPSA) is 46.9 Å². The first-order valence-corrected chi connectivity index (χ1v) is 8.15. The van der Waals surface area contributed by atoms with Crippen LogP contribution in [0.4, 0.5) is 10.2 Å². The zero-order chi connectivity index (χ0) is 16.1. The molecule has 0 amide bonds. The number of anilines is 1. The first-order valence-electron chi connectivity index (χ1n) is 8.15. The molecule has 1 aromatic heterocycles. The number of nitrogens with zero attached hydrogens (tertiary/aromatic N) is 2. The van der Waals surface area contributed by atoms with E-state index in [1.165, 1.54) is 18.6 Å². The summed E-state index contributed by atoms with van der Waals surface area (Å²) in [4.78, 5) is 17.6. The standard InChI is InChI=1S/C18H20FN3O/c1-10-16(20-2)21-17(13-8-11-7-12(11)9-13)22(18(10)23)15-5-3-14(19)4-6-15/h3-6,11-13,20H,7-9H2,1-2H3/t11-,12+,13+. The number of hydrogen-bond acceptors (Lipinski definition) is 3. The van der Waals surface area contributed by atoms with Crippen molar-refractivity contribution < 1.29 is 4.39 Å². The third-order valence-electron chi connectivity index (χ3n) is 5.26. The first kappa shape index (κ1) is 14.4. The number of rotatable bonds is 3. The molecule has 3 atom stereocenters. The van der Waals surface area contributed by atoms with Crippen LogP contribution >= 0.6 is 0 Å². The van der Waals surface area contributed by atoms with E-state index < -0.39 is 0 Å². The van der Waals surface area contributed by atoms with Crippen LogP contribution in [-0.2, 0) is 0 Å². The smallest absolute Gasteiger partial charge is 0.263 e. The van der Waals surface area contributed by atoms with Crippen molar-refractivity contribution in [3.8, 4) is 5.69 Å². The predicted octanol–water partition coefficient (Wildman–Crippen LogP) is 3.24. The lowest BCUT2D eigenvalue weighted by Gasteiger charge is -2.20. The van der Waals surface area contributed by atoms with E-state index in [-0.39, 0.29) is 11.4 Å². The summed E-state index contributed by atoms with van der Waals surface area (Å²) in [5.41, 5.74) is 1.19. The number of aromatic nitrogens is 2. The van der Waals surface area contributed by atoms with Crippen LogP contribution in [0.5, 0.6) is 0 Å². The van der Waals surface area contributed by atoms with Crippen LogP contribution in [0.3, 0.4) is 0 Å². The number of benzene rings is 1. The lowest BCUT2D eigenvalue weighted by molar-refractivity contribution is 0.567. The van der Waals surface area contributed by atoms with Gasteiger partial charge >= 0.3 is 0 Å². The Balaban J connectivity index is 1.89. The first-order chi connectivity index (χ1) is 11.1. The largest absolute Gasteiger partial charge is 0.373 e. The van der Waals surface area contributed by atoms with Crippen LogP contribution in [0.15, 0.2) is 29.1 Å². The number of hydrogen-bond donors (Lipinski definition) is 1. The monoisotopic (exact) mass is 313 g/mol. The minimum atomic E-state index is -0.304. The summed E-state index contributed by atoms with van der Waals surface area (Å²) in [5.74, 6) is 3.06. The van der Waals surface area contributed by atoms with Gasteiger partial charge in [0.05, 0.1) is 11.3 Å². The Morgan fingerprint density at radius 1 is 1.17 bits per heavy atom. The Labute approximate surface area is 134 Å². The highest BCUT2D eigenvalue weighted by Crippen LogP contribution is 2.57. The molecule has 0 unspecified atom stereocenters. The molecule has 4 nitrogen and oxygen atoms in total. The molecule has 0 aliphatic heterocycles. The summed E-state index contributed by atoms with van der Waals surface area (Å²) in [7, 11) is 1.78. The van der Waals surface area contributed by atoms with Crippen molar-refractivity contribution >= 4 is 5.82 Å². The molecule has 1 aromatic carbocycles. The summed E-state index contributed by atoms with van der Waals surface area (Å²) in [6, 6.07) is 6.07. The molecule has 0 radical (unpaired) electrons. The fourth-order valence-electron chi connectivity index (χ4n) is 3.90. The molecule has 5 heteroatoms. The van der Waals surface area contributed by atoms with E-state index >= 15 is 0 Å². The lowest BCUT2D eigenvalue weighted by atomic mass is 10.0. The number of fused-ring (bicyclic) bond motifs is 1. The zero-order valence-electron chi connectivity index (χ0n) is 13.3. The Hall–Kier alpha value is -2.17. The van der Waals surface area contributed by atoms with Gasteiger partial charge in [-0.15, -0.1) is 0 Å². The minimum absolute atomic E-state index is 0.0773. The SMILES string of the molecule is CNc1nc([C@@H]2C[C@@H]3C[C@@H]3C2)n(-c2ccc(F)cc2)c(=O)c1C. The summed E-state index contributed by atoms with van der Waals surface area (Å²) in [6.45, 7) is 1.77. The van der Waals surface area contributed by atoms with Gasteiger partial charge in [0, 0.05) is 13.0 Å². The molecular weight excluding hydrogens is 293 g/mol. The molecule has 120 valence electrons. The highest BCUT2D eigenvalue weighted by Gasteiger charge is 2.47. The van der Waals surface area contributed by atoms with Crippen LogP contribution in [0.2, 0.25) is 0 Å². The molecule has 2 aliphatic rings. The molecular formula is C18H20FN3O. The highest BCUT2D eigenvalue weighted by molar-refractivity contribution is 5.45. The van der Waals surface area contributed by atoms with Crippen molar-refractivity contribution in [1.29, 1.82) is 0 Å². The van der Waals surface area contributed by atoms with Gasteiger partial charge < -0.3 is 5.32 Å². The third-order valence-corrected chi connectivity index (χ3v) is 5.26. The van der Waals surface area contributed by atoms with Crippen LogP contribution in [-0.4, -0.2) is 16.6 Å². The van der Waals surface area contributed by atoms with Gasteiger partial charge in [-0.2, -0.15) is 0 Å². The lowest BCUT2D eigenvalue weighted by Crippen LogP contribution is -2.28. The molecule has 1 heterocycles. The van der Waals surface area contributed by atoms with Crippen molar-refractivity contribution in [3.05, 3.63) is 51.8 Å². The molecule has 2 saturated carbocycles. The number of halogens is 1. The van der Waals surface area contributed by atoms with E-state index in [1.54, 1.807) is 30.7 Å². The molecule has 1 N–H and O–H groups in total. The quantitative estimate of drug-likeness (QED) is 0.946. The van der Waals surface area contributed by atoms with Gasteiger partial charge in [0.15, 0.2) is 0 Å². The van der Waals surface area contributed by atoms with Gasteiger partial charge in [-0.1, -0.05) is 0 Å². The van der Waals surface area contributed by atoms with Crippen LogP contribution in [0.25, 0.3) is 5.69 Å². The summed E-state index contributed by atoms with van der Waals surface area (Å²) < 4.78 is 14.9. The molecule has 0 saturated heterocycles. The molecule has 2 aliphatic carbocycles. The average molecular weight is 313 g/mol. The minimum Gasteiger partial charge on any atom is -0.373 e. The Bertz CT molecular complexity index is 802. The van der Waals surface area contributed by atoms with E-state index in [0.717, 1.165) is 30.5 Å². The molecule has 0 spiro atoms. The second kappa shape index (κ2) is 5.18. The summed E-state index contributed by atoms with van der Waals surface area (Å²) in [6.07, 6.45) is 3.52. The maximum atomic E-state index is 13.2. The molecule has 23 heavy (non-hydrogen) atoms. The van der Waals surface area contributed by atoms with Gasteiger partial charge in [-0.3, -0.25) is 9.36 Å². The third kappa shape index (κ3) is 2.35. The second-order valence-electron chi connectivity index (χ2n) is 6.73. The van der Waals surface area contributed by atoms with E-state index in [2.05, 4.69) is 5.32 Å². The molecule has 4 rings (SSSR count). The summed E-state index contributed by atoms with van der Waals surface area (Å²) >= 11 is 0. The Kier molecular flexibility index (Phi) is 3.25. The van der Waals surface area contributed by atoms with Crippen molar-refractivity contribution in [3.63, 3.8) is 0 Å². The number of nitrogens with one attached hydrogen (secondary N) is 1. The van der Waals surface area contributed by atoms with Gasteiger partial charge in [0.25, 0.3) is 5.56 Å². The van der Waals surface area contributed by atoms with Gasteiger partial charge in [0.2, 0.25) is 0 Å². The van der Waals surface area contributed by atoms with Crippen molar-refractivity contribution in [1.82, 2.24) is 9.55 Å². The fraction of sp³-hybridized carbons (Fsp3) is 0.444. The Morgan fingerprint density at radius 2 is 1.83 bits per heavy atom. The van der Waals surface area contributed by atoms with Crippen molar-refractivity contribution in [2.75, 3.05) is 12.4 Å². The zero-order valence-corrected chi connectivity index (χ0v) is 13.3. The average Bonchev–Trinajstić information content (AvgIpc) is 3.17. The van der Waals surface area contributed by atoms with Crippen molar-refractivity contribution in [2.24, 2.45) is 11.8 Å². The molecule has 2 fully saturated rings. The molecule has 0 bridgehead atoms. The maximum Gasteiger partial charge on any atom is 0.263 e. The van der Waals surface area contributed by atoms with Crippen molar-refractivity contribution in [2.45, 2.75) is 32.1 Å². The van der Waals surface area contributed by atoms with Crippen LogP contribution < -0.4 is 10.9 Å². The van der Waals surface area contributed by atoms with Crippen LogP contribution in [0, 0.1) is 24.6 Å². The summed E-state index contributed by atoms with van der Waals surface area (Å²) in [5, 5.41) is 3.03. The molecule has 2 aromatic rings. The van der Waals surface area contributed by atoms with Gasteiger partial charge in [-0.05, 0) is 62.3 Å². The fourth-order valence-corrected chi connectivity index (χ4v) is 3.90. The van der Waals surface area contributed by atoms with E-state index in [4.69, 9.17) is 4.98 Å².